The lowest BCUT2D eigenvalue weighted by Crippen LogP contribution is -2.22. The summed E-state index contributed by atoms with van der Waals surface area (Å²) in [6.45, 7) is 3.11. The number of carboxylic acid groups (broad SMARTS) is 1. The van der Waals surface area contributed by atoms with E-state index in [1.54, 1.807) is 0 Å². The standard InChI is InChI=1S/C14H18O4/c1-2-17-10-18-9-14(8-12(14)13(15)16)11-6-4-3-5-7-11/h3-7,12H,2,8-10H2,1H3,(H,15,16)/t12-,14+/m0/s1. The third-order valence-electron chi connectivity index (χ3n) is 3.45. The first-order chi connectivity index (χ1) is 8.70. The van der Waals surface area contributed by atoms with Crippen molar-refractivity contribution < 1.29 is 19.4 Å². The van der Waals surface area contributed by atoms with E-state index in [1.807, 2.05) is 37.3 Å². The lowest BCUT2D eigenvalue weighted by Gasteiger charge is -2.17. The minimum absolute atomic E-state index is 0.220. The predicted octanol–water partition coefficient (Wildman–Crippen LogP) is 2.04. The SMILES string of the molecule is CCOCOC[C@@]1(c2ccccc2)C[C@H]1C(=O)O. The molecule has 1 fully saturated rings. The molecule has 1 saturated carbocycles. The van der Waals surface area contributed by atoms with Gasteiger partial charge in [0.1, 0.15) is 6.79 Å². The molecule has 0 bridgehead atoms. The van der Waals surface area contributed by atoms with E-state index in [9.17, 15) is 4.79 Å². The van der Waals surface area contributed by atoms with Crippen LogP contribution in [0.3, 0.4) is 0 Å². The summed E-state index contributed by atoms with van der Waals surface area (Å²) in [6.07, 6.45) is 0.637. The molecule has 1 aromatic rings. The molecule has 2 atom stereocenters. The number of benzene rings is 1. The maximum atomic E-state index is 11.2. The van der Waals surface area contributed by atoms with Gasteiger partial charge in [-0.3, -0.25) is 4.79 Å². The maximum Gasteiger partial charge on any atom is 0.307 e. The first-order valence-corrected chi connectivity index (χ1v) is 6.14. The zero-order chi connectivity index (χ0) is 13.0. The Kier molecular flexibility index (Phi) is 3.99. The number of hydrogen-bond acceptors (Lipinski definition) is 3. The quantitative estimate of drug-likeness (QED) is 0.594. The van der Waals surface area contributed by atoms with Crippen molar-refractivity contribution in [2.75, 3.05) is 20.0 Å². The number of ether oxygens (including phenoxy) is 2. The molecule has 0 unspecified atom stereocenters. The van der Waals surface area contributed by atoms with Gasteiger partial charge in [0.25, 0.3) is 0 Å². The summed E-state index contributed by atoms with van der Waals surface area (Å²) in [4.78, 5) is 11.2. The summed E-state index contributed by atoms with van der Waals surface area (Å²) in [7, 11) is 0. The Morgan fingerprint density at radius 2 is 2.11 bits per heavy atom. The van der Waals surface area contributed by atoms with Gasteiger partial charge >= 0.3 is 5.97 Å². The Labute approximate surface area is 107 Å². The minimum Gasteiger partial charge on any atom is -0.481 e. The topological polar surface area (TPSA) is 55.8 Å². The normalized spacial score (nSPS) is 25.9. The van der Waals surface area contributed by atoms with Crippen molar-refractivity contribution in [2.24, 2.45) is 5.92 Å². The highest BCUT2D eigenvalue weighted by Gasteiger charge is 2.59. The second-order valence-electron chi connectivity index (χ2n) is 4.58. The van der Waals surface area contributed by atoms with Crippen LogP contribution in [0.15, 0.2) is 30.3 Å². The number of carbonyl (C=O) groups is 1. The number of aliphatic carboxylic acids is 1. The predicted molar refractivity (Wildman–Crippen MR) is 66.3 cm³/mol. The second-order valence-corrected chi connectivity index (χ2v) is 4.58. The van der Waals surface area contributed by atoms with Crippen LogP contribution in [-0.2, 0) is 19.7 Å². The molecule has 0 spiro atoms. The van der Waals surface area contributed by atoms with E-state index >= 15 is 0 Å². The van der Waals surface area contributed by atoms with Gasteiger partial charge in [0, 0.05) is 12.0 Å². The van der Waals surface area contributed by atoms with Gasteiger partial charge in [-0.15, -0.1) is 0 Å². The van der Waals surface area contributed by atoms with Crippen LogP contribution in [0.25, 0.3) is 0 Å². The average molecular weight is 250 g/mol. The highest BCUT2D eigenvalue weighted by molar-refractivity contribution is 5.77. The third-order valence-corrected chi connectivity index (χ3v) is 3.45. The van der Waals surface area contributed by atoms with Crippen LogP contribution in [0.2, 0.25) is 0 Å². The summed E-state index contributed by atoms with van der Waals surface area (Å²) in [5.41, 5.74) is 0.665. The Morgan fingerprint density at radius 1 is 1.39 bits per heavy atom. The zero-order valence-corrected chi connectivity index (χ0v) is 10.5. The molecule has 1 N–H and O–H groups in total. The molecule has 98 valence electrons. The van der Waals surface area contributed by atoms with Gasteiger partial charge in [-0.2, -0.15) is 0 Å². The molecule has 1 aliphatic carbocycles. The molecule has 1 aromatic carbocycles. The van der Waals surface area contributed by atoms with Crippen LogP contribution in [0.1, 0.15) is 18.9 Å². The van der Waals surface area contributed by atoms with Crippen molar-refractivity contribution in [1.82, 2.24) is 0 Å². The lowest BCUT2D eigenvalue weighted by molar-refractivity contribution is -0.139. The first kappa shape index (κ1) is 13.1. The summed E-state index contributed by atoms with van der Waals surface area (Å²) in [5.74, 6) is -1.10. The van der Waals surface area contributed by atoms with Crippen LogP contribution in [0.5, 0.6) is 0 Å². The summed E-state index contributed by atoms with van der Waals surface area (Å²) in [5, 5.41) is 9.17. The molecule has 4 heteroatoms. The Hall–Kier alpha value is -1.39. The van der Waals surface area contributed by atoms with E-state index in [0.29, 0.717) is 19.6 Å². The van der Waals surface area contributed by atoms with E-state index in [1.165, 1.54) is 0 Å². The molecule has 0 radical (unpaired) electrons. The number of rotatable bonds is 7. The van der Waals surface area contributed by atoms with Crippen molar-refractivity contribution in [1.29, 1.82) is 0 Å². The van der Waals surface area contributed by atoms with Gasteiger partial charge in [0.05, 0.1) is 12.5 Å². The number of hydrogen-bond donors (Lipinski definition) is 1. The summed E-state index contributed by atoms with van der Waals surface area (Å²) >= 11 is 0. The van der Waals surface area contributed by atoms with Crippen molar-refractivity contribution >= 4 is 5.97 Å². The van der Waals surface area contributed by atoms with Gasteiger partial charge in [0.15, 0.2) is 0 Å². The van der Waals surface area contributed by atoms with E-state index in [2.05, 4.69) is 0 Å². The van der Waals surface area contributed by atoms with E-state index < -0.39 is 5.97 Å². The summed E-state index contributed by atoms with van der Waals surface area (Å²) < 4.78 is 10.6. The first-order valence-electron chi connectivity index (χ1n) is 6.14. The van der Waals surface area contributed by atoms with E-state index in [4.69, 9.17) is 14.6 Å². The molecule has 2 rings (SSSR count). The van der Waals surface area contributed by atoms with Crippen molar-refractivity contribution in [3.8, 4) is 0 Å². The fraction of sp³-hybridized carbons (Fsp3) is 0.500. The van der Waals surface area contributed by atoms with Gasteiger partial charge in [-0.25, -0.2) is 0 Å². The molecule has 0 aliphatic heterocycles. The number of carboxylic acids is 1. The fourth-order valence-electron chi connectivity index (χ4n) is 2.33. The van der Waals surface area contributed by atoms with Crippen molar-refractivity contribution in [2.45, 2.75) is 18.8 Å². The molecule has 1 aliphatic rings. The molecule has 0 aromatic heterocycles. The van der Waals surface area contributed by atoms with Crippen LogP contribution in [-0.4, -0.2) is 31.1 Å². The highest BCUT2D eigenvalue weighted by Crippen LogP contribution is 2.54. The van der Waals surface area contributed by atoms with Crippen molar-refractivity contribution in [3.63, 3.8) is 0 Å². The van der Waals surface area contributed by atoms with Crippen LogP contribution in [0.4, 0.5) is 0 Å². The molecular weight excluding hydrogens is 232 g/mol. The Balaban J connectivity index is 2.05. The Morgan fingerprint density at radius 3 is 2.67 bits per heavy atom. The van der Waals surface area contributed by atoms with Crippen molar-refractivity contribution in [3.05, 3.63) is 35.9 Å². The molecular formula is C14H18O4. The zero-order valence-electron chi connectivity index (χ0n) is 10.5. The highest BCUT2D eigenvalue weighted by atomic mass is 16.7. The maximum absolute atomic E-state index is 11.2. The third kappa shape index (κ3) is 2.54. The molecule has 4 nitrogen and oxygen atoms in total. The average Bonchev–Trinajstić information content (AvgIpc) is 3.12. The summed E-state index contributed by atoms with van der Waals surface area (Å²) in [6, 6.07) is 9.71. The van der Waals surface area contributed by atoms with Gasteiger partial charge < -0.3 is 14.6 Å². The molecule has 0 saturated heterocycles. The van der Waals surface area contributed by atoms with Crippen LogP contribution < -0.4 is 0 Å². The monoisotopic (exact) mass is 250 g/mol. The van der Waals surface area contributed by atoms with Gasteiger partial charge in [0.2, 0.25) is 0 Å². The smallest absolute Gasteiger partial charge is 0.307 e. The fourth-order valence-corrected chi connectivity index (χ4v) is 2.33. The largest absolute Gasteiger partial charge is 0.481 e. The lowest BCUT2D eigenvalue weighted by atomic mass is 9.94. The second kappa shape index (κ2) is 5.50. The van der Waals surface area contributed by atoms with E-state index in [0.717, 1.165) is 5.56 Å². The van der Waals surface area contributed by atoms with Crippen LogP contribution in [0, 0.1) is 5.92 Å². The molecule has 0 heterocycles. The Bertz CT molecular complexity index is 404. The molecule has 18 heavy (non-hydrogen) atoms. The molecule has 0 amide bonds. The minimum atomic E-state index is -0.751. The van der Waals surface area contributed by atoms with Crippen LogP contribution >= 0.6 is 0 Å². The van der Waals surface area contributed by atoms with Gasteiger partial charge in [-0.1, -0.05) is 30.3 Å². The van der Waals surface area contributed by atoms with Gasteiger partial charge in [-0.05, 0) is 18.9 Å². The van der Waals surface area contributed by atoms with E-state index in [-0.39, 0.29) is 18.1 Å².